The second kappa shape index (κ2) is 6.03. The van der Waals surface area contributed by atoms with Gasteiger partial charge in [0.2, 0.25) is 0 Å². The van der Waals surface area contributed by atoms with Gasteiger partial charge in [-0.1, -0.05) is 18.2 Å². The summed E-state index contributed by atoms with van der Waals surface area (Å²) in [5.74, 6) is 1.03. The fourth-order valence-corrected chi connectivity index (χ4v) is 2.70. The van der Waals surface area contributed by atoms with Gasteiger partial charge in [-0.05, 0) is 39.7 Å². The number of ether oxygens (including phenoxy) is 2. The Balaban J connectivity index is 1.96. The van der Waals surface area contributed by atoms with Crippen LogP contribution in [-0.2, 0) is 0 Å². The lowest BCUT2D eigenvalue weighted by molar-refractivity contribution is 0.297. The van der Waals surface area contributed by atoms with E-state index in [1.54, 1.807) is 18.2 Å². The Hall–Kier alpha value is -1.59. The zero-order valence-corrected chi connectivity index (χ0v) is 12.9. The summed E-state index contributed by atoms with van der Waals surface area (Å²) >= 11 is 3.18. The maximum atomic E-state index is 14.2. The Morgan fingerprint density at radius 2 is 1.86 bits per heavy atom. The van der Waals surface area contributed by atoms with Crippen molar-refractivity contribution in [3.8, 4) is 11.5 Å². The SMILES string of the molecule is NC(c1ccc2c(c1)OCCCO2)c1cccc(Br)c1F. The molecule has 2 N–H and O–H groups in total. The molecule has 3 rings (SSSR count). The molecule has 1 heterocycles. The molecule has 5 heteroatoms. The van der Waals surface area contributed by atoms with Crippen LogP contribution in [0.1, 0.15) is 23.6 Å². The van der Waals surface area contributed by atoms with Gasteiger partial charge in [0.05, 0.1) is 23.7 Å². The summed E-state index contributed by atoms with van der Waals surface area (Å²) < 4.78 is 25.8. The van der Waals surface area contributed by atoms with Crippen molar-refractivity contribution >= 4 is 15.9 Å². The van der Waals surface area contributed by atoms with Crippen molar-refractivity contribution in [3.05, 3.63) is 57.8 Å². The molecule has 1 atom stereocenters. The van der Waals surface area contributed by atoms with Crippen molar-refractivity contribution in [2.75, 3.05) is 13.2 Å². The Morgan fingerprint density at radius 3 is 2.67 bits per heavy atom. The molecule has 0 aliphatic carbocycles. The number of hydrogen-bond donors (Lipinski definition) is 1. The van der Waals surface area contributed by atoms with Crippen molar-refractivity contribution < 1.29 is 13.9 Å². The average Bonchev–Trinajstić information content (AvgIpc) is 2.74. The minimum Gasteiger partial charge on any atom is -0.490 e. The van der Waals surface area contributed by atoms with Crippen LogP contribution in [0.15, 0.2) is 40.9 Å². The molecule has 0 fully saturated rings. The van der Waals surface area contributed by atoms with Gasteiger partial charge in [0.25, 0.3) is 0 Å². The molecule has 0 amide bonds. The topological polar surface area (TPSA) is 44.5 Å². The van der Waals surface area contributed by atoms with Gasteiger partial charge in [0, 0.05) is 12.0 Å². The number of rotatable bonds is 2. The van der Waals surface area contributed by atoms with E-state index in [1.165, 1.54) is 0 Å². The quantitative estimate of drug-likeness (QED) is 0.894. The van der Waals surface area contributed by atoms with E-state index in [2.05, 4.69) is 15.9 Å². The molecule has 3 nitrogen and oxygen atoms in total. The summed E-state index contributed by atoms with van der Waals surface area (Å²) in [7, 11) is 0. The van der Waals surface area contributed by atoms with Crippen LogP contribution in [0.5, 0.6) is 11.5 Å². The van der Waals surface area contributed by atoms with E-state index >= 15 is 0 Å². The molecule has 110 valence electrons. The van der Waals surface area contributed by atoms with Gasteiger partial charge in [0.1, 0.15) is 5.82 Å². The van der Waals surface area contributed by atoms with E-state index in [1.807, 2.05) is 18.2 Å². The zero-order valence-electron chi connectivity index (χ0n) is 11.3. The minimum absolute atomic E-state index is 0.336. The molecule has 0 saturated heterocycles. The van der Waals surface area contributed by atoms with Crippen molar-refractivity contribution in [3.63, 3.8) is 0 Å². The Bertz CT molecular complexity index is 663. The Morgan fingerprint density at radius 1 is 1.10 bits per heavy atom. The number of benzene rings is 2. The summed E-state index contributed by atoms with van der Waals surface area (Å²) in [4.78, 5) is 0. The fraction of sp³-hybridized carbons (Fsp3) is 0.250. The highest BCUT2D eigenvalue weighted by molar-refractivity contribution is 9.10. The first-order valence-electron chi connectivity index (χ1n) is 6.76. The van der Waals surface area contributed by atoms with Crippen LogP contribution in [-0.4, -0.2) is 13.2 Å². The molecule has 0 radical (unpaired) electrons. The highest BCUT2D eigenvalue weighted by Crippen LogP contribution is 2.34. The summed E-state index contributed by atoms with van der Waals surface area (Å²) in [6, 6.07) is 10.0. The lowest BCUT2D eigenvalue weighted by Crippen LogP contribution is -2.14. The van der Waals surface area contributed by atoms with Gasteiger partial charge in [-0.2, -0.15) is 0 Å². The van der Waals surface area contributed by atoms with Crippen LogP contribution >= 0.6 is 15.9 Å². The van der Waals surface area contributed by atoms with Crippen molar-refractivity contribution in [2.45, 2.75) is 12.5 Å². The summed E-state index contributed by atoms with van der Waals surface area (Å²) in [5.41, 5.74) is 7.43. The molecule has 0 saturated carbocycles. The van der Waals surface area contributed by atoms with E-state index in [-0.39, 0.29) is 5.82 Å². The number of halogens is 2. The number of hydrogen-bond acceptors (Lipinski definition) is 3. The lowest BCUT2D eigenvalue weighted by atomic mass is 9.99. The highest BCUT2D eigenvalue weighted by Gasteiger charge is 2.18. The summed E-state index contributed by atoms with van der Waals surface area (Å²) in [6.45, 7) is 1.25. The molecule has 2 aromatic carbocycles. The second-order valence-electron chi connectivity index (χ2n) is 4.88. The Labute approximate surface area is 131 Å². The highest BCUT2D eigenvalue weighted by atomic mass is 79.9. The summed E-state index contributed by atoms with van der Waals surface area (Å²) in [6.07, 6.45) is 0.844. The van der Waals surface area contributed by atoms with E-state index in [9.17, 15) is 4.39 Å². The van der Waals surface area contributed by atoms with E-state index < -0.39 is 6.04 Å². The van der Waals surface area contributed by atoms with Gasteiger partial charge >= 0.3 is 0 Å². The molecule has 0 bridgehead atoms. The third kappa shape index (κ3) is 2.89. The van der Waals surface area contributed by atoms with E-state index in [4.69, 9.17) is 15.2 Å². The molecule has 1 aliphatic rings. The second-order valence-corrected chi connectivity index (χ2v) is 5.73. The maximum Gasteiger partial charge on any atom is 0.161 e. The van der Waals surface area contributed by atoms with Gasteiger partial charge in [-0.3, -0.25) is 0 Å². The van der Waals surface area contributed by atoms with E-state index in [0.717, 1.165) is 12.0 Å². The molecule has 0 aromatic heterocycles. The monoisotopic (exact) mass is 351 g/mol. The molecule has 21 heavy (non-hydrogen) atoms. The standard InChI is InChI=1S/C16H15BrFNO2/c17-12-4-1-3-11(15(12)18)16(19)10-5-6-13-14(9-10)21-8-2-7-20-13/h1,3-6,9,16H,2,7-8,19H2. The van der Waals surface area contributed by atoms with Crippen molar-refractivity contribution in [1.82, 2.24) is 0 Å². The largest absolute Gasteiger partial charge is 0.490 e. The molecule has 2 aromatic rings. The first kappa shape index (κ1) is 14.4. The van der Waals surface area contributed by atoms with Crippen LogP contribution in [0.25, 0.3) is 0 Å². The van der Waals surface area contributed by atoms with Crippen LogP contribution in [0.3, 0.4) is 0 Å². The van der Waals surface area contributed by atoms with Crippen LogP contribution < -0.4 is 15.2 Å². The number of nitrogens with two attached hydrogens (primary N) is 1. The van der Waals surface area contributed by atoms with Crippen molar-refractivity contribution in [1.29, 1.82) is 0 Å². The molecule has 1 unspecified atom stereocenters. The third-order valence-electron chi connectivity index (χ3n) is 3.45. The molecular weight excluding hydrogens is 337 g/mol. The van der Waals surface area contributed by atoms with Crippen LogP contribution in [0.2, 0.25) is 0 Å². The lowest BCUT2D eigenvalue weighted by Gasteiger charge is -2.16. The maximum absolute atomic E-state index is 14.2. The normalized spacial score (nSPS) is 15.4. The van der Waals surface area contributed by atoms with Gasteiger partial charge < -0.3 is 15.2 Å². The molecule has 0 spiro atoms. The average molecular weight is 352 g/mol. The fourth-order valence-electron chi connectivity index (χ4n) is 2.31. The zero-order chi connectivity index (χ0) is 14.8. The van der Waals surface area contributed by atoms with Crippen LogP contribution in [0.4, 0.5) is 4.39 Å². The van der Waals surface area contributed by atoms with Crippen LogP contribution in [0, 0.1) is 5.82 Å². The van der Waals surface area contributed by atoms with E-state index in [0.29, 0.717) is 34.7 Å². The minimum atomic E-state index is -0.556. The smallest absolute Gasteiger partial charge is 0.161 e. The first-order chi connectivity index (χ1) is 10.2. The van der Waals surface area contributed by atoms with Crippen molar-refractivity contribution in [2.24, 2.45) is 5.73 Å². The molecular formula is C16H15BrFNO2. The Kier molecular flexibility index (Phi) is 4.12. The molecule has 1 aliphatic heterocycles. The third-order valence-corrected chi connectivity index (χ3v) is 4.06. The first-order valence-corrected chi connectivity index (χ1v) is 7.55. The summed E-state index contributed by atoms with van der Waals surface area (Å²) in [5, 5.41) is 0. The predicted octanol–water partition coefficient (Wildman–Crippen LogP) is 3.80. The van der Waals surface area contributed by atoms with Gasteiger partial charge in [-0.25, -0.2) is 4.39 Å². The predicted molar refractivity (Wildman–Crippen MR) is 82.2 cm³/mol. The van der Waals surface area contributed by atoms with Gasteiger partial charge in [-0.15, -0.1) is 0 Å². The van der Waals surface area contributed by atoms with Gasteiger partial charge in [0.15, 0.2) is 11.5 Å². The number of fused-ring (bicyclic) bond motifs is 1.